The van der Waals surface area contributed by atoms with Crippen LogP contribution in [0.25, 0.3) is 70.7 Å². The number of hydrogen-bond donors (Lipinski definition) is 0. The summed E-state index contributed by atoms with van der Waals surface area (Å²) in [7, 11) is 0. The van der Waals surface area contributed by atoms with Crippen LogP contribution in [0, 0.1) is 19.1 Å². The summed E-state index contributed by atoms with van der Waals surface area (Å²) in [6, 6.07) is 52.5. The van der Waals surface area contributed by atoms with Gasteiger partial charge in [0.1, 0.15) is 0 Å². The summed E-state index contributed by atoms with van der Waals surface area (Å²) in [5.41, 5.74) is 10.7. The average molecular weight is 869 g/mol. The minimum absolute atomic E-state index is 0. The fraction of sp³-hybridized carbons (Fsp3) is 0.109. The van der Waals surface area contributed by atoms with Crippen molar-refractivity contribution in [3.05, 3.63) is 169 Å². The minimum Gasteiger partial charge on any atom is -0.332 e. The van der Waals surface area contributed by atoms with Gasteiger partial charge in [-0.3, -0.25) is 9.97 Å². The maximum Gasteiger partial charge on any atom is 0.0822 e. The van der Waals surface area contributed by atoms with Gasteiger partial charge < -0.3 is 9.55 Å². The van der Waals surface area contributed by atoms with E-state index < -0.39 is 0 Å². The van der Waals surface area contributed by atoms with Crippen LogP contribution in [0.4, 0.5) is 0 Å². The zero-order valence-corrected chi connectivity index (χ0v) is 32.6. The maximum absolute atomic E-state index is 5.25. The second-order valence-electron chi connectivity index (χ2n) is 13.6. The van der Waals surface area contributed by atoms with Crippen molar-refractivity contribution < 1.29 is 20.1 Å². The van der Waals surface area contributed by atoms with E-state index in [0.717, 1.165) is 45.1 Å². The number of para-hydroxylation sites is 1. The number of aryl methyl sites for hydroxylation is 1. The second kappa shape index (κ2) is 14.8. The number of fused-ring (bicyclic) bond motifs is 4. The van der Waals surface area contributed by atoms with Crippen LogP contribution < -0.4 is 0 Å². The molecule has 6 heteroatoms. The first-order valence-corrected chi connectivity index (χ1v) is 17.9. The van der Waals surface area contributed by atoms with Gasteiger partial charge in [0.2, 0.25) is 0 Å². The largest absolute Gasteiger partial charge is 0.332 e. The zero-order chi connectivity index (χ0) is 35.0. The summed E-state index contributed by atoms with van der Waals surface area (Å²) >= 11 is 1.83. The molecule has 0 unspecified atom stereocenters. The van der Waals surface area contributed by atoms with Crippen LogP contribution in [-0.4, -0.2) is 19.5 Å². The van der Waals surface area contributed by atoms with Crippen molar-refractivity contribution in [2.24, 2.45) is 0 Å². The van der Waals surface area contributed by atoms with E-state index in [1.54, 1.807) is 6.20 Å². The molecule has 0 amide bonds. The molecule has 0 N–H and O–H groups in total. The van der Waals surface area contributed by atoms with Crippen molar-refractivity contribution in [2.75, 3.05) is 0 Å². The van der Waals surface area contributed by atoms with Crippen molar-refractivity contribution in [1.82, 2.24) is 19.5 Å². The van der Waals surface area contributed by atoms with Gasteiger partial charge in [0.05, 0.1) is 23.1 Å². The number of pyridine rings is 2. The molecule has 0 saturated heterocycles. The molecule has 0 bridgehead atoms. The van der Waals surface area contributed by atoms with Gasteiger partial charge in [0, 0.05) is 47.8 Å². The van der Waals surface area contributed by atoms with E-state index in [9.17, 15) is 0 Å². The predicted molar refractivity (Wildman–Crippen MR) is 213 cm³/mol. The molecule has 0 aliphatic heterocycles. The molecule has 0 aliphatic carbocycles. The van der Waals surface area contributed by atoms with Gasteiger partial charge >= 0.3 is 0 Å². The SMILES string of the molecule is Cc1c[c-]c(-c2nc3cc(C(C)(C)C)ncc3n2-c2ccccc2)c2sc3cc(-c4ccccc4)ccc3c12.[Ir].[c-]1ccccc1-c1ccccn1. The molecular formula is C46H36IrN4S-2. The third-order valence-corrected chi connectivity index (χ3v) is 10.2. The number of thiophene rings is 1. The van der Waals surface area contributed by atoms with Crippen LogP contribution in [0.5, 0.6) is 0 Å². The Balaban J connectivity index is 0.000000275. The molecule has 52 heavy (non-hydrogen) atoms. The molecule has 0 spiro atoms. The standard InChI is InChI=1S/C35H28N3S.C11H8N.Ir/c1-22-15-17-27(33-32(22)26-18-16-24(19-30(26)39-33)23-11-7-5-8-12-23)34-37-28-20-31(35(2,3)4)36-21-29(28)38(34)25-13-9-6-10-14-25;1-2-6-10(7-3-1)11-8-4-5-9-12-11;/h5-16,18-21H,1-4H3;1-6,8-9H;/q2*-1;. The van der Waals surface area contributed by atoms with Crippen LogP contribution >= 0.6 is 11.3 Å². The second-order valence-corrected chi connectivity index (χ2v) is 14.7. The minimum atomic E-state index is -0.0595. The third-order valence-electron chi connectivity index (χ3n) is 9.05. The number of aromatic nitrogens is 4. The molecule has 4 heterocycles. The van der Waals surface area contributed by atoms with Crippen LogP contribution in [0.15, 0.2) is 146 Å². The van der Waals surface area contributed by atoms with Gasteiger partial charge in [-0.25, -0.2) is 0 Å². The van der Waals surface area contributed by atoms with Crippen LogP contribution in [-0.2, 0) is 25.5 Å². The molecule has 5 aromatic carbocycles. The number of nitrogens with zero attached hydrogens (tertiary/aromatic N) is 4. The van der Waals surface area contributed by atoms with E-state index in [1.165, 1.54) is 36.9 Å². The molecule has 0 atom stereocenters. The first-order chi connectivity index (χ1) is 24.8. The van der Waals surface area contributed by atoms with Crippen molar-refractivity contribution in [3.63, 3.8) is 0 Å². The number of rotatable bonds is 4. The fourth-order valence-electron chi connectivity index (χ4n) is 6.43. The molecule has 9 aromatic rings. The Hall–Kier alpha value is -5.26. The van der Waals surface area contributed by atoms with Crippen molar-refractivity contribution in [1.29, 1.82) is 0 Å². The molecule has 0 aliphatic rings. The van der Waals surface area contributed by atoms with E-state index in [1.807, 2.05) is 66.1 Å². The summed E-state index contributed by atoms with van der Waals surface area (Å²) in [5, 5.41) is 2.56. The van der Waals surface area contributed by atoms with E-state index in [0.29, 0.717) is 0 Å². The Morgan fingerprint density at radius 1 is 0.731 bits per heavy atom. The summed E-state index contributed by atoms with van der Waals surface area (Å²) in [4.78, 5) is 14.3. The molecule has 0 saturated carbocycles. The molecule has 9 rings (SSSR count). The van der Waals surface area contributed by atoms with Crippen molar-refractivity contribution in [2.45, 2.75) is 33.1 Å². The predicted octanol–water partition coefficient (Wildman–Crippen LogP) is 12.1. The summed E-state index contributed by atoms with van der Waals surface area (Å²) in [5.74, 6) is 0.892. The molecule has 4 aromatic heterocycles. The molecular weight excluding hydrogens is 833 g/mol. The van der Waals surface area contributed by atoms with Crippen LogP contribution in [0.3, 0.4) is 0 Å². The van der Waals surface area contributed by atoms with E-state index >= 15 is 0 Å². The molecule has 257 valence electrons. The normalized spacial score (nSPS) is 11.3. The Labute approximate surface area is 322 Å². The van der Waals surface area contributed by atoms with Crippen molar-refractivity contribution in [3.8, 4) is 39.5 Å². The van der Waals surface area contributed by atoms with Gasteiger partial charge in [-0.1, -0.05) is 111 Å². The van der Waals surface area contributed by atoms with E-state index in [4.69, 9.17) is 9.97 Å². The quantitative estimate of drug-likeness (QED) is 0.166. The van der Waals surface area contributed by atoms with Crippen LogP contribution in [0.1, 0.15) is 32.0 Å². The molecule has 0 fully saturated rings. The van der Waals surface area contributed by atoms with Gasteiger partial charge in [0.25, 0.3) is 0 Å². The summed E-state index contributed by atoms with van der Waals surface area (Å²) in [6.07, 6.45) is 3.76. The van der Waals surface area contributed by atoms with E-state index in [2.05, 4.69) is 134 Å². The number of benzene rings is 5. The molecule has 1 radical (unpaired) electrons. The topological polar surface area (TPSA) is 43.6 Å². The average Bonchev–Trinajstić information content (AvgIpc) is 3.75. The Morgan fingerprint density at radius 2 is 1.48 bits per heavy atom. The monoisotopic (exact) mass is 869 g/mol. The fourth-order valence-corrected chi connectivity index (χ4v) is 7.74. The maximum atomic E-state index is 5.25. The van der Waals surface area contributed by atoms with Gasteiger partial charge in [0.15, 0.2) is 0 Å². The Kier molecular flexibility index (Phi) is 9.98. The van der Waals surface area contributed by atoms with Gasteiger partial charge in [-0.15, -0.1) is 53.6 Å². The van der Waals surface area contributed by atoms with Gasteiger partial charge in [-0.2, -0.15) is 11.3 Å². The zero-order valence-electron chi connectivity index (χ0n) is 29.4. The van der Waals surface area contributed by atoms with Gasteiger partial charge in [-0.05, 0) is 57.2 Å². The summed E-state index contributed by atoms with van der Waals surface area (Å²) in [6.45, 7) is 8.75. The van der Waals surface area contributed by atoms with Crippen molar-refractivity contribution >= 4 is 42.5 Å². The number of imidazole rings is 1. The Morgan fingerprint density at radius 3 is 2.19 bits per heavy atom. The Bertz CT molecular complexity index is 2570. The summed E-state index contributed by atoms with van der Waals surface area (Å²) < 4.78 is 4.72. The number of hydrogen-bond acceptors (Lipinski definition) is 4. The van der Waals surface area contributed by atoms with E-state index in [-0.39, 0.29) is 25.5 Å². The molecule has 4 nitrogen and oxygen atoms in total. The first kappa shape index (κ1) is 35.2. The smallest absolute Gasteiger partial charge is 0.0822 e. The first-order valence-electron chi connectivity index (χ1n) is 17.1. The van der Waals surface area contributed by atoms with Crippen LogP contribution in [0.2, 0.25) is 0 Å². The third kappa shape index (κ3) is 6.86.